The highest BCUT2D eigenvalue weighted by Crippen LogP contribution is 2.18. The lowest BCUT2D eigenvalue weighted by Crippen LogP contribution is -2.50. The van der Waals surface area contributed by atoms with Crippen LogP contribution in [0, 0.1) is 5.92 Å². The van der Waals surface area contributed by atoms with Crippen molar-refractivity contribution in [3.63, 3.8) is 0 Å². The summed E-state index contributed by atoms with van der Waals surface area (Å²) in [6.07, 6.45) is 2.56. The third-order valence-corrected chi connectivity index (χ3v) is 3.53. The second-order valence-electron chi connectivity index (χ2n) is 4.77. The van der Waals surface area contributed by atoms with Gasteiger partial charge in [0.25, 0.3) is 0 Å². The van der Waals surface area contributed by atoms with Gasteiger partial charge in [-0.1, -0.05) is 6.92 Å². The van der Waals surface area contributed by atoms with Crippen molar-refractivity contribution >= 4 is 5.91 Å². The van der Waals surface area contributed by atoms with Crippen molar-refractivity contribution in [3.8, 4) is 0 Å². The van der Waals surface area contributed by atoms with Crippen molar-refractivity contribution in [2.24, 2.45) is 5.92 Å². The Hall–Kier alpha value is -0.610. The monoisotopic (exact) mass is 212 g/mol. The molecule has 0 aliphatic carbocycles. The number of nitrogens with one attached hydrogen (secondary N) is 1. The van der Waals surface area contributed by atoms with Gasteiger partial charge in [0.2, 0.25) is 5.91 Å². The zero-order valence-electron chi connectivity index (χ0n) is 9.28. The predicted molar refractivity (Wildman–Crippen MR) is 57.4 cm³/mol. The van der Waals surface area contributed by atoms with Crippen molar-refractivity contribution < 1.29 is 9.90 Å². The van der Waals surface area contributed by atoms with E-state index < -0.39 is 0 Å². The van der Waals surface area contributed by atoms with Gasteiger partial charge in [-0.3, -0.25) is 4.79 Å². The number of rotatable bonds is 1. The fourth-order valence-corrected chi connectivity index (χ4v) is 2.45. The summed E-state index contributed by atoms with van der Waals surface area (Å²) in [5, 5.41) is 12.8. The van der Waals surface area contributed by atoms with Gasteiger partial charge >= 0.3 is 0 Å². The Morgan fingerprint density at radius 3 is 2.87 bits per heavy atom. The van der Waals surface area contributed by atoms with Crippen LogP contribution in [-0.2, 0) is 4.79 Å². The lowest BCUT2D eigenvalue weighted by Gasteiger charge is -2.35. The van der Waals surface area contributed by atoms with Gasteiger partial charge in [0, 0.05) is 13.1 Å². The molecule has 2 heterocycles. The maximum atomic E-state index is 12.0. The lowest BCUT2D eigenvalue weighted by atomic mass is 9.96. The quantitative estimate of drug-likeness (QED) is 0.641. The molecular formula is C11H20N2O2. The number of carbonyl (C=O) groups excluding carboxylic acids is 1. The van der Waals surface area contributed by atoms with E-state index in [1.807, 2.05) is 11.8 Å². The molecule has 0 spiro atoms. The maximum absolute atomic E-state index is 12.0. The van der Waals surface area contributed by atoms with E-state index in [9.17, 15) is 9.90 Å². The van der Waals surface area contributed by atoms with E-state index in [1.54, 1.807) is 0 Å². The SMILES string of the molecule is C[C@@H]1CN(C(=O)[C@H]2CCCN2)CC[C@H]1O. The molecule has 15 heavy (non-hydrogen) atoms. The third kappa shape index (κ3) is 2.32. The molecule has 0 aromatic carbocycles. The van der Waals surface area contributed by atoms with Crippen LogP contribution in [0.3, 0.4) is 0 Å². The Bertz CT molecular complexity index is 239. The predicted octanol–water partition coefficient (Wildman–Crippen LogP) is -0.0323. The minimum atomic E-state index is -0.231. The number of amides is 1. The molecular weight excluding hydrogens is 192 g/mol. The van der Waals surface area contributed by atoms with Gasteiger partial charge in [0.05, 0.1) is 12.1 Å². The minimum Gasteiger partial charge on any atom is -0.393 e. The number of hydrogen-bond donors (Lipinski definition) is 2. The fraction of sp³-hybridized carbons (Fsp3) is 0.909. The molecule has 0 bridgehead atoms. The summed E-state index contributed by atoms with van der Waals surface area (Å²) < 4.78 is 0. The van der Waals surface area contributed by atoms with Crippen molar-refractivity contribution in [1.29, 1.82) is 0 Å². The van der Waals surface area contributed by atoms with E-state index in [2.05, 4.69) is 5.32 Å². The molecule has 2 rings (SSSR count). The number of piperidine rings is 1. The van der Waals surface area contributed by atoms with E-state index >= 15 is 0 Å². The molecule has 2 saturated heterocycles. The van der Waals surface area contributed by atoms with Crippen LogP contribution in [0.25, 0.3) is 0 Å². The van der Waals surface area contributed by atoms with Gasteiger partial charge in [-0.05, 0) is 31.7 Å². The molecule has 0 unspecified atom stereocenters. The molecule has 2 aliphatic rings. The van der Waals surface area contributed by atoms with Gasteiger partial charge in [-0.25, -0.2) is 0 Å². The third-order valence-electron chi connectivity index (χ3n) is 3.53. The van der Waals surface area contributed by atoms with Gasteiger partial charge < -0.3 is 15.3 Å². The molecule has 86 valence electrons. The first-order valence-corrected chi connectivity index (χ1v) is 5.88. The molecule has 4 nitrogen and oxygen atoms in total. The summed E-state index contributed by atoms with van der Waals surface area (Å²) in [4.78, 5) is 13.9. The average Bonchev–Trinajstić information content (AvgIpc) is 2.74. The average molecular weight is 212 g/mol. The normalized spacial score (nSPS) is 36.9. The first kappa shape index (κ1) is 10.9. The Labute approximate surface area is 90.6 Å². The molecule has 1 amide bonds. The Kier molecular flexibility index (Phi) is 3.26. The Balaban J connectivity index is 1.90. The highest BCUT2D eigenvalue weighted by Gasteiger charge is 2.32. The van der Waals surface area contributed by atoms with Gasteiger partial charge in [0.1, 0.15) is 0 Å². The first-order chi connectivity index (χ1) is 7.18. The van der Waals surface area contributed by atoms with Gasteiger partial charge in [-0.15, -0.1) is 0 Å². The van der Waals surface area contributed by atoms with Gasteiger partial charge in [0.15, 0.2) is 0 Å². The standard InChI is InChI=1S/C11H20N2O2/c1-8-7-13(6-4-10(8)14)11(15)9-3-2-5-12-9/h8-10,12,14H,2-7H2,1H3/t8-,9-,10-/m1/s1. The largest absolute Gasteiger partial charge is 0.393 e. The summed E-state index contributed by atoms with van der Waals surface area (Å²) >= 11 is 0. The highest BCUT2D eigenvalue weighted by atomic mass is 16.3. The summed E-state index contributed by atoms with van der Waals surface area (Å²) in [5.74, 6) is 0.440. The zero-order valence-corrected chi connectivity index (χ0v) is 9.28. The highest BCUT2D eigenvalue weighted by molar-refractivity contribution is 5.82. The van der Waals surface area contributed by atoms with E-state index in [-0.39, 0.29) is 24.0 Å². The summed E-state index contributed by atoms with van der Waals surface area (Å²) in [7, 11) is 0. The topological polar surface area (TPSA) is 52.6 Å². The van der Waals surface area contributed by atoms with Gasteiger partial charge in [-0.2, -0.15) is 0 Å². The van der Waals surface area contributed by atoms with Crippen LogP contribution in [0.15, 0.2) is 0 Å². The summed E-state index contributed by atoms with van der Waals surface area (Å²) in [5.41, 5.74) is 0. The molecule has 3 atom stereocenters. The fourth-order valence-electron chi connectivity index (χ4n) is 2.45. The smallest absolute Gasteiger partial charge is 0.239 e. The van der Waals surface area contributed by atoms with Crippen LogP contribution in [0.5, 0.6) is 0 Å². The van der Waals surface area contributed by atoms with E-state index in [0.717, 1.165) is 25.8 Å². The number of hydrogen-bond acceptors (Lipinski definition) is 3. The molecule has 2 N–H and O–H groups in total. The summed E-state index contributed by atoms with van der Waals surface area (Å²) in [6.45, 7) is 4.38. The molecule has 2 aliphatic heterocycles. The number of nitrogens with zero attached hydrogens (tertiary/aromatic N) is 1. The van der Waals surface area contributed by atoms with Crippen LogP contribution in [-0.4, -0.2) is 47.7 Å². The number of aliphatic hydroxyl groups is 1. The Morgan fingerprint density at radius 2 is 2.27 bits per heavy atom. The molecule has 0 saturated carbocycles. The Morgan fingerprint density at radius 1 is 1.47 bits per heavy atom. The second-order valence-corrected chi connectivity index (χ2v) is 4.77. The second kappa shape index (κ2) is 4.49. The van der Waals surface area contributed by atoms with E-state index in [1.165, 1.54) is 0 Å². The zero-order chi connectivity index (χ0) is 10.8. The molecule has 4 heteroatoms. The van der Waals surface area contributed by atoms with Crippen molar-refractivity contribution in [3.05, 3.63) is 0 Å². The first-order valence-electron chi connectivity index (χ1n) is 5.88. The number of likely N-dealkylation sites (tertiary alicyclic amines) is 1. The van der Waals surface area contributed by atoms with Crippen molar-refractivity contribution in [2.45, 2.75) is 38.3 Å². The molecule has 0 aromatic heterocycles. The van der Waals surface area contributed by atoms with Crippen molar-refractivity contribution in [2.75, 3.05) is 19.6 Å². The van der Waals surface area contributed by atoms with Crippen LogP contribution in [0.4, 0.5) is 0 Å². The van der Waals surface area contributed by atoms with Crippen molar-refractivity contribution in [1.82, 2.24) is 10.2 Å². The number of aliphatic hydroxyl groups excluding tert-OH is 1. The van der Waals surface area contributed by atoms with Crippen LogP contribution < -0.4 is 5.32 Å². The van der Waals surface area contributed by atoms with Crippen LogP contribution in [0.1, 0.15) is 26.2 Å². The minimum absolute atomic E-state index is 0.0347. The maximum Gasteiger partial charge on any atom is 0.239 e. The van der Waals surface area contributed by atoms with Crippen LogP contribution in [0.2, 0.25) is 0 Å². The lowest BCUT2D eigenvalue weighted by molar-refractivity contribution is -0.136. The molecule has 0 aromatic rings. The van der Waals surface area contributed by atoms with E-state index in [4.69, 9.17) is 0 Å². The van der Waals surface area contributed by atoms with E-state index in [0.29, 0.717) is 13.1 Å². The summed E-state index contributed by atoms with van der Waals surface area (Å²) in [6, 6.07) is 0.0347. The molecule has 2 fully saturated rings. The van der Waals surface area contributed by atoms with Crippen LogP contribution >= 0.6 is 0 Å². The number of carbonyl (C=O) groups is 1. The molecule has 0 radical (unpaired) electrons.